The van der Waals surface area contributed by atoms with Crippen LogP contribution in [0.2, 0.25) is 0 Å². The number of amides is 1. The second-order valence-corrected chi connectivity index (χ2v) is 8.13. The van der Waals surface area contributed by atoms with Gasteiger partial charge in [0.2, 0.25) is 0 Å². The van der Waals surface area contributed by atoms with Crippen molar-refractivity contribution in [1.82, 2.24) is 14.8 Å². The van der Waals surface area contributed by atoms with E-state index >= 15 is 0 Å². The van der Waals surface area contributed by atoms with Gasteiger partial charge >= 0.3 is 24.6 Å². The quantitative estimate of drug-likeness (QED) is 0.566. The summed E-state index contributed by atoms with van der Waals surface area (Å²) in [6.45, 7) is 0.912. The van der Waals surface area contributed by atoms with Crippen LogP contribution in [0.1, 0.15) is 24.1 Å². The molecule has 0 aromatic carbocycles. The Morgan fingerprint density at radius 3 is 2.15 bits per heavy atom. The largest absolute Gasteiger partial charge is 0.434 e. The van der Waals surface area contributed by atoms with Gasteiger partial charge in [-0.2, -0.15) is 39.5 Å². The van der Waals surface area contributed by atoms with Crippen LogP contribution in [0.3, 0.4) is 0 Å². The van der Waals surface area contributed by atoms with E-state index in [1.54, 1.807) is 0 Å². The zero-order chi connectivity index (χ0) is 25.4. The monoisotopic (exact) mass is 509 g/mol. The number of hydrogen-bond acceptors (Lipinski definition) is 5. The summed E-state index contributed by atoms with van der Waals surface area (Å²) in [7, 11) is 0. The molecular weight excluding hydrogens is 489 g/mol. The molecule has 192 valence electrons. The van der Waals surface area contributed by atoms with Crippen LogP contribution in [-0.4, -0.2) is 77.7 Å². The van der Waals surface area contributed by atoms with E-state index < -0.39 is 42.0 Å². The highest BCUT2D eigenvalue weighted by Gasteiger charge is 2.60. The van der Waals surface area contributed by atoms with Crippen LogP contribution in [0.25, 0.3) is 0 Å². The highest BCUT2D eigenvalue weighted by atomic mass is 19.4. The molecule has 0 saturated carbocycles. The van der Waals surface area contributed by atoms with Crippen LogP contribution < -0.4 is 0 Å². The Morgan fingerprint density at radius 1 is 1.03 bits per heavy atom. The summed E-state index contributed by atoms with van der Waals surface area (Å²) in [6.07, 6.45) is -20.7. The summed E-state index contributed by atoms with van der Waals surface area (Å²) in [5.41, 5.74) is -1.30. The van der Waals surface area contributed by atoms with Crippen molar-refractivity contribution in [2.45, 2.75) is 49.6 Å². The Kier molecular flexibility index (Phi) is 7.27. The molecule has 15 heteroatoms. The van der Waals surface area contributed by atoms with Crippen LogP contribution in [0.4, 0.5) is 44.3 Å². The molecule has 3 heterocycles. The van der Waals surface area contributed by atoms with E-state index in [0.717, 1.165) is 17.2 Å². The van der Waals surface area contributed by atoms with E-state index in [1.165, 1.54) is 6.07 Å². The number of carbonyl (C=O) groups excluding carboxylic acids is 1. The molecule has 0 atom stereocenters. The number of nitrogens with zero attached hydrogens (tertiary/aromatic N) is 3. The maximum absolute atomic E-state index is 12.7. The Labute approximate surface area is 187 Å². The van der Waals surface area contributed by atoms with E-state index in [9.17, 15) is 44.3 Å². The third kappa shape index (κ3) is 6.43. The predicted molar refractivity (Wildman–Crippen MR) is 96.4 cm³/mol. The highest BCUT2D eigenvalue weighted by Crippen LogP contribution is 2.37. The number of pyridine rings is 1. The van der Waals surface area contributed by atoms with Gasteiger partial charge in [-0.15, -0.1) is 0 Å². The summed E-state index contributed by atoms with van der Waals surface area (Å²) in [5, 5.41) is 0. The van der Waals surface area contributed by atoms with E-state index in [0.29, 0.717) is 18.7 Å². The van der Waals surface area contributed by atoms with Crippen LogP contribution in [0.15, 0.2) is 18.3 Å². The average Bonchev–Trinajstić information content (AvgIpc) is 2.70. The summed E-state index contributed by atoms with van der Waals surface area (Å²) in [4.78, 5) is 18.0. The third-order valence-electron chi connectivity index (χ3n) is 5.60. The van der Waals surface area contributed by atoms with Crippen molar-refractivity contribution < 1.29 is 53.8 Å². The molecule has 2 aliphatic rings. The zero-order valence-electron chi connectivity index (χ0n) is 17.4. The molecule has 6 nitrogen and oxygen atoms in total. The van der Waals surface area contributed by atoms with Gasteiger partial charge in [-0.3, -0.25) is 9.88 Å². The molecule has 2 saturated heterocycles. The van der Waals surface area contributed by atoms with E-state index in [1.807, 2.05) is 4.90 Å². The van der Waals surface area contributed by atoms with Crippen molar-refractivity contribution >= 4 is 6.09 Å². The number of piperidine rings is 1. The third-order valence-corrected chi connectivity index (χ3v) is 5.60. The van der Waals surface area contributed by atoms with Gasteiger partial charge < -0.3 is 14.4 Å². The van der Waals surface area contributed by atoms with Gasteiger partial charge in [-0.1, -0.05) is 6.07 Å². The minimum atomic E-state index is -5.80. The molecule has 3 rings (SSSR count). The predicted octanol–water partition coefficient (Wildman–Crippen LogP) is 4.40. The molecule has 0 unspecified atom stereocenters. The number of carbonyl (C=O) groups is 1. The molecule has 34 heavy (non-hydrogen) atoms. The minimum Gasteiger partial charge on any atom is -0.426 e. The first-order valence-corrected chi connectivity index (χ1v) is 10.1. The maximum atomic E-state index is 12.7. The van der Waals surface area contributed by atoms with Crippen molar-refractivity contribution in [2.24, 2.45) is 0 Å². The molecule has 1 aromatic heterocycles. The average molecular weight is 509 g/mol. The lowest BCUT2D eigenvalue weighted by atomic mass is 9.89. The standard InChI is InChI=1S/C19H20F9N3O3/c20-17(21,22)13-2-1-12(9-29-13)10-30-7-8-33-16(11-30)3-5-31(6-4-16)15(32)34-14(18(23,24)25)19(26,27)28/h1-2,9,14H,3-8,10-11H2. The van der Waals surface area contributed by atoms with Gasteiger partial charge in [0.1, 0.15) is 5.69 Å². The van der Waals surface area contributed by atoms with Crippen molar-refractivity contribution in [2.75, 3.05) is 32.8 Å². The summed E-state index contributed by atoms with van der Waals surface area (Å²) >= 11 is 0. The molecule has 0 bridgehead atoms. The van der Waals surface area contributed by atoms with Gasteiger partial charge in [0.15, 0.2) is 0 Å². The summed E-state index contributed by atoms with van der Waals surface area (Å²) in [6, 6.07) is 2.17. The van der Waals surface area contributed by atoms with E-state index in [-0.39, 0.29) is 39.1 Å². The first-order chi connectivity index (χ1) is 15.6. The van der Waals surface area contributed by atoms with Crippen LogP contribution in [-0.2, 0) is 22.2 Å². The van der Waals surface area contributed by atoms with Gasteiger partial charge in [-0.05, 0) is 24.5 Å². The number of morpholine rings is 1. The lowest BCUT2D eigenvalue weighted by Crippen LogP contribution is -2.58. The van der Waals surface area contributed by atoms with Gasteiger partial charge in [0.25, 0.3) is 6.10 Å². The van der Waals surface area contributed by atoms with Crippen LogP contribution in [0.5, 0.6) is 0 Å². The Hall–Kier alpha value is -2.29. The number of ether oxygens (including phenoxy) is 2. The molecule has 2 aliphatic heterocycles. The number of alkyl halides is 9. The summed E-state index contributed by atoms with van der Waals surface area (Å²) in [5.74, 6) is 0. The van der Waals surface area contributed by atoms with Gasteiger partial charge in [0, 0.05) is 38.9 Å². The van der Waals surface area contributed by atoms with Crippen LogP contribution in [0, 0.1) is 0 Å². The fraction of sp³-hybridized carbons (Fsp3) is 0.684. The Bertz CT molecular complexity index is 834. The fourth-order valence-electron chi connectivity index (χ4n) is 3.90. The van der Waals surface area contributed by atoms with Crippen molar-refractivity contribution in [3.8, 4) is 0 Å². The second-order valence-electron chi connectivity index (χ2n) is 8.13. The zero-order valence-corrected chi connectivity index (χ0v) is 17.4. The molecule has 0 aliphatic carbocycles. The highest BCUT2D eigenvalue weighted by molar-refractivity contribution is 5.68. The second kappa shape index (κ2) is 9.40. The first-order valence-electron chi connectivity index (χ1n) is 10.1. The Morgan fingerprint density at radius 2 is 1.65 bits per heavy atom. The van der Waals surface area contributed by atoms with Gasteiger partial charge in [-0.25, -0.2) is 4.79 Å². The van der Waals surface area contributed by atoms with E-state index in [2.05, 4.69) is 9.72 Å². The summed E-state index contributed by atoms with van der Waals surface area (Å²) < 4.78 is 123. The van der Waals surface area contributed by atoms with Crippen molar-refractivity contribution in [3.63, 3.8) is 0 Å². The number of likely N-dealkylation sites (tertiary alicyclic amines) is 1. The molecule has 0 radical (unpaired) electrons. The molecule has 1 spiro atoms. The van der Waals surface area contributed by atoms with Crippen molar-refractivity contribution in [3.05, 3.63) is 29.6 Å². The van der Waals surface area contributed by atoms with Gasteiger partial charge in [0.05, 0.1) is 12.2 Å². The van der Waals surface area contributed by atoms with Crippen molar-refractivity contribution in [1.29, 1.82) is 0 Å². The lowest BCUT2D eigenvalue weighted by molar-refractivity contribution is -0.308. The molecule has 1 amide bonds. The fourth-order valence-corrected chi connectivity index (χ4v) is 3.90. The number of halogens is 9. The first kappa shape index (κ1) is 26.3. The number of aromatic nitrogens is 1. The Balaban J connectivity index is 1.56. The number of hydrogen-bond donors (Lipinski definition) is 0. The molecule has 2 fully saturated rings. The normalized spacial score (nSPS) is 20.1. The molecule has 0 N–H and O–H groups in total. The topological polar surface area (TPSA) is 54.9 Å². The SMILES string of the molecule is O=C(OC(C(F)(F)F)C(F)(F)F)N1CCC2(CC1)CN(Cc1ccc(C(F)(F)F)nc1)CCO2. The van der Waals surface area contributed by atoms with Crippen LogP contribution >= 0.6 is 0 Å². The molecule has 1 aromatic rings. The maximum Gasteiger partial charge on any atom is 0.434 e. The lowest BCUT2D eigenvalue weighted by Gasteiger charge is -2.47. The van der Waals surface area contributed by atoms with E-state index in [4.69, 9.17) is 4.74 Å². The molecular formula is C19H20F9N3O3. The smallest absolute Gasteiger partial charge is 0.426 e. The number of rotatable bonds is 3. The minimum absolute atomic E-state index is 0.132.